The molecule has 1 aliphatic heterocycles. The molecule has 2 aromatic carbocycles. The minimum atomic E-state index is 0.115. The van der Waals surface area contributed by atoms with E-state index in [4.69, 9.17) is 0 Å². The van der Waals surface area contributed by atoms with Crippen LogP contribution in [0.4, 0.5) is 11.4 Å². The molecule has 0 fully saturated rings. The van der Waals surface area contributed by atoms with Crippen LogP contribution in [0.25, 0.3) is 5.69 Å². The molecule has 1 aromatic heterocycles. The Morgan fingerprint density at radius 1 is 1.19 bits per heavy atom. The highest BCUT2D eigenvalue weighted by atomic mass is 16.2. The molecule has 26 heavy (non-hydrogen) atoms. The minimum absolute atomic E-state index is 0.115. The van der Waals surface area contributed by atoms with E-state index < -0.39 is 0 Å². The Bertz CT molecular complexity index is 900. The maximum Gasteiger partial charge on any atom is 0.223 e. The molecule has 0 aliphatic carbocycles. The van der Waals surface area contributed by atoms with Gasteiger partial charge in [0, 0.05) is 49.5 Å². The molecule has 2 heterocycles. The van der Waals surface area contributed by atoms with Gasteiger partial charge in [-0.2, -0.15) is 0 Å². The van der Waals surface area contributed by atoms with E-state index >= 15 is 0 Å². The fourth-order valence-electron chi connectivity index (χ4n) is 3.44. The van der Waals surface area contributed by atoms with Gasteiger partial charge in [0.15, 0.2) is 0 Å². The number of aryl methyl sites for hydroxylation is 1. The molecule has 132 valence electrons. The smallest absolute Gasteiger partial charge is 0.223 e. The highest BCUT2D eigenvalue weighted by molar-refractivity contribution is 5.93. The summed E-state index contributed by atoms with van der Waals surface area (Å²) in [6.07, 6.45) is 7.55. The Kier molecular flexibility index (Phi) is 4.44. The molecule has 3 aromatic rings. The maximum absolute atomic E-state index is 11.8. The van der Waals surface area contributed by atoms with Gasteiger partial charge in [0.25, 0.3) is 0 Å². The van der Waals surface area contributed by atoms with Crippen molar-refractivity contribution in [2.24, 2.45) is 0 Å². The summed E-state index contributed by atoms with van der Waals surface area (Å²) in [7, 11) is 0. The van der Waals surface area contributed by atoms with Crippen LogP contribution >= 0.6 is 0 Å². The lowest BCUT2D eigenvalue weighted by Gasteiger charge is -2.29. The third-order valence-corrected chi connectivity index (χ3v) is 4.81. The number of hydrogen-bond acceptors (Lipinski definition) is 3. The van der Waals surface area contributed by atoms with Crippen molar-refractivity contribution < 1.29 is 4.79 Å². The number of fused-ring (bicyclic) bond motifs is 1. The summed E-state index contributed by atoms with van der Waals surface area (Å²) in [6.45, 7) is 3.21. The van der Waals surface area contributed by atoms with Gasteiger partial charge in [0.1, 0.15) is 0 Å². The topological polar surface area (TPSA) is 50.2 Å². The molecule has 1 aliphatic rings. The molecule has 5 heteroatoms. The van der Waals surface area contributed by atoms with Gasteiger partial charge in [-0.05, 0) is 54.3 Å². The van der Waals surface area contributed by atoms with Crippen LogP contribution in [0.1, 0.15) is 24.5 Å². The summed E-state index contributed by atoms with van der Waals surface area (Å²) in [5.74, 6) is 0.115. The quantitative estimate of drug-likeness (QED) is 0.782. The van der Waals surface area contributed by atoms with Crippen molar-refractivity contribution >= 4 is 17.3 Å². The van der Waals surface area contributed by atoms with Crippen molar-refractivity contribution in [3.63, 3.8) is 0 Å². The summed E-state index contributed by atoms with van der Waals surface area (Å²) in [6, 6.07) is 14.7. The maximum atomic E-state index is 11.8. The molecular formula is C21H22N4O. The summed E-state index contributed by atoms with van der Waals surface area (Å²) in [4.78, 5) is 17.7. The molecule has 0 bridgehead atoms. The number of hydrogen-bond donors (Lipinski definition) is 1. The average molecular weight is 346 g/mol. The number of imidazole rings is 1. The number of benzene rings is 2. The molecule has 0 unspecified atom stereocenters. The number of carbonyl (C=O) groups excluding carboxylic acids is 1. The number of aromatic nitrogens is 2. The van der Waals surface area contributed by atoms with Crippen LogP contribution in [-0.2, 0) is 17.8 Å². The van der Waals surface area contributed by atoms with Crippen LogP contribution in [0, 0.1) is 0 Å². The Labute approximate surface area is 153 Å². The number of nitrogens with one attached hydrogen (secondary N) is 1. The second-order valence-corrected chi connectivity index (χ2v) is 6.61. The van der Waals surface area contributed by atoms with Crippen LogP contribution in [-0.4, -0.2) is 22.0 Å². The van der Waals surface area contributed by atoms with Crippen molar-refractivity contribution in [3.05, 3.63) is 72.3 Å². The lowest BCUT2D eigenvalue weighted by atomic mass is 10.0. The van der Waals surface area contributed by atoms with E-state index in [1.807, 2.05) is 15.7 Å². The van der Waals surface area contributed by atoms with E-state index in [-0.39, 0.29) is 5.91 Å². The van der Waals surface area contributed by atoms with E-state index in [0.717, 1.165) is 43.0 Å². The number of nitrogens with zero attached hydrogens (tertiary/aromatic N) is 3. The predicted octanol–water partition coefficient (Wildman–Crippen LogP) is 3.78. The van der Waals surface area contributed by atoms with E-state index in [1.54, 1.807) is 19.4 Å². The van der Waals surface area contributed by atoms with Crippen molar-refractivity contribution in [2.75, 3.05) is 16.8 Å². The van der Waals surface area contributed by atoms with Gasteiger partial charge in [0.05, 0.1) is 6.33 Å². The first-order valence-corrected chi connectivity index (χ1v) is 8.93. The standard InChI is InChI=1S/C21H22N4O/c1-16(26)25-11-2-3-18-13-19(6-9-21(18)25)23-14-17-4-7-20(8-5-17)24-12-10-22-15-24/h4-10,12-13,15,23H,2-3,11,14H2,1H3. The van der Waals surface area contributed by atoms with Gasteiger partial charge in [-0.3, -0.25) is 4.79 Å². The fraction of sp³-hybridized carbons (Fsp3) is 0.238. The number of anilines is 2. The molecule has 0 saturated carbocycles. The van der Waals surface area contributed by atoms with Gasteiger partial charge in [-0.1, -0.05) is 12.1 Å². The molecule has 0 radical (unpaired) electrons. The summed E-state index contributed by atoms with van der Waals surface area (Å²) >= 11 is 0. The summed E-state index contributed by atoms with van der Waals surface area (Å²) in [5.41, 5.74) is 5.71. The van der Waals surface area contributed by atoms with Crippen LogP contribution in [0.5, 0.6) is 0 Å². The van der Waals surface area contributed by atoms with Crippen molar-refractivity contribution in [2.45, 2.75) is 26.3 Å². The molecule has 0 saturated heterocycles. The third kappa shape index (κ3) is 3.33. The summed E-state index contributed by atoms with van der Waals surface area (Å²) < 4.78 is 1.99. The minimum Gasteiger partial charge on any atom is -0.381 e. The molecule has 4 rings (SSSR count). The highest BCUT2D eigenvalue weighted by Gasteiger charge is 2.19. The molecule has 1 N–H and O–H groups in total. The fourth-order valence-corrected chi connectivity index (χ4v) is 3.44. The van der Waals surface area contributed by atoms with Gasteiger partial charge in [0.2, 0.25) is 5.91 Å². The Balaban J connectivity index is 1.44. The van der Waals surface area contributed by atoms with Crippen LogP contribution in [0.3, 0.4) is 0 Å². The van der Waals surface area contributed by atoms with Gasteiger partial charge in [-0.15, -0.1) is 0 Å². The first kappa shape index (κ1) is 16.4. The Morgan fingerprint density at radius 2 is 2.04 bits per heavy atom. The normalized spacial score (nSPS) is 13.3. The molecular weight excluding hydrogens is 324 g/mol. The van der Waals surface area contributed by atoms with Gasteiger partial charge < -0.3 is 14.8 Å². The SMILES string of the molecule is CC(=O)N1CCCc2cc(NCc3ccc(-n4ccnc4)cc3)ccc21. The number of carbonyl (C=O) groups is 1. The predicted molar refractivity (Wildman–Crippen MR) is 104 cm³/mol. The number of amides is 1. The molecule has 5 nitrogen and oxygen atoms in total. The van der Waals surface area contributed by atoms with Crippen molar-refractivity contribution in [3.8, 4) is 5.69 Å². The first-order chi connectivity index (χ1) is 12.7. The van der Waals surface area contributed by atoms with Crippen molar-refractivity contribution in [1.29, 1.82) is 0 Å². The van der Waals surface area contributed by atoms with E-state index in [0.29, 0.717) is 0 Å². The molecule has 0 spiro atoms. The molecule has 1 amide bonds. The number of rotatable bonds is 4. The second kappa shape index (κ2) is 7.04. The zero-order chi connectivity index (χ0) is 17.9. The van der Waals surface area contributed by atoms with Crippen LogP contribution in [0.2, 0.25) is 0 Å². The van der Waals surface area contributed by atoms with E-state index in [2.05, 4.69) is 52.8 Å². The zero-order valence-corrected chi connectivity index (χ0v) is 14.9. The zero-order valence-electron chi connectivity index (χ0n) is 14.9. The monoisotopic (exact) mass is 346 g/mol. The Morgan fingerprint density at radius 3 is 2.77 bits per heavy atom. The van der Waals surface area contributed by atoms with Crippen LogP contribution in [0.15, 0.2) is 61.2 Å². The second-order valence-electron chi connectivity index (χ2n) is 6.61. The van der Waals surface area contributed by atoms with Crippen LogP contribution < -0.4 is 10.2 Å². The summed E-state index contributed by atoms with van der Waals surface area (Å²) in [5, 5.41) is 3.49. The van der Waals surface area contributed by atoms with Gasteiger partial charge >= 0.3 is 0 Å². The Hall–Kier alpha value is -3.08. The molecule has 0 atom stereocenters. The largest absolute Gasteiger partial charge is 0.381 e. The third-order valence-electron chi connectivity index (χ3n) is 4.81. The highest BCUT2D eigenvalue weighted by Crippen LogP contribution is 2.30. The average Bonchev–Trinajstić information content (AvgIpc) is 3.20. The lowest BCUT2D eigenvalue weighted by Crippen LogP contribution is -2.33. The van der Waals surface area contributed by atoms with E-state index in [1.165, 1.54) is 11.1 Å². The van der Waals surface area contributed by atoms with Gasteiger partial charge in [-0.25, -0.2) is 4.98 Å². The van der Waals surface area contributed by atoms with Crippen molar-refractivity contribution in [1.82, 2.24) is 9.55 Å². The lowest BCUT2D eigenvalue weighted by molar-refractivity contribution is -0.116. The first-order valence-electron chi connectivity index (χ1n) is 8.93. The van der Waals surface area contributed by atoms with E-state index in [9.17, 15) is 4.79 Å².